The van der Waals surface area contributed by atoms with Crippen molar-refractivity contribution in [2.45, 2.75) is 26.2 Å². The van der Waals surface area contributed by atoms with E-state index in [1.165, 1.54) is 6.42 Å². The molecule has 88 valence electrons. The Bertz CT molecular complexity index is 340. The Morgan fingerprint density at radius 3 is 2.75 bits per heavy atom. The molecule has 0 saturated heterocycles. The van der Waals surface area contributed by atoms with Crippen LogP contribution in [-0.4, -0.2) is 18.0 Å². The van der Waals surface area contributed by atoms with E-state index in [2.05, 4.69) is 12.2 Å². The second kappa shape index (κ2) is 6.95. The molecule has 1 N–H and O–H groups in total. The van der Waals surface area contributed by atoms with Crippen molar-refractivity contribution in [1.82, 2.24) is 5.32 Å². The molecule has 1 rings (SSSR count). The molecule has 0 aliphatic carbocycles. The smallest absolute Gasteiger partial charge is 0.272 e. The summed E-state index contributed by atoms with van der Waals surface area (Å²) in [7, 11) is 0. The molecule has 1 aromatic rings. The zero-order valence-electron chi connectivity index (χ0n) is 9.61. The highest BCUT2D eigenvalue weighted by molar-refractivity contribution is 5.39. The lowest BCUT2D eigenvalue weighted by Crippen LogP contribution is -2.18. The second-order valence-corrected chi connectivity index (χ2v) is 3.74. The normalized spacial score (nSPS) is 10.3. The molecule has 0 saturated carbocycles. The summed E-state index contributed by atoms with van der Waals surface area (Å²) in [5.41, 5.74) is 1.02. The van der Waals surface area contributed by atoms with Crippen LogP contribution in [0.25, 0.3) is 0 Å². The molecule has 0 aliphatic rings. The number of hydrogen-bond donors (Lipinski definition) is 1. The highest BCUT2D eigenvalue weighted by Crippen LogP contribution is 2.17. The molecule has 0 aliphatic heterocycles. The number of unbranched alkanes of at least 4 members (excludes halogenated alkanes) is 1. The first-order chi connectivity index (χ1) is 7.75. The topological polar surface area (TPSA) is 55.2 Å². The zero-order chi connectivity index (χ0) is 11.8. The van der Waals surface area contributed by atoms with Crippen LogP contribution in [-0.2, 0) is 6.42 Å². The molecule has 4 heteroatoms. The summed E-state index contributed by atoms with van der Waals surface area (Å²) in [5.74, 6) is 0. The first kappa shape index (κ1) is 12.6. The summed E-state index contributed by atoms with van der Waals surface area (Å²) in [6.45, 7) is 3.92. The van der Waals surface area contributed by atoms with Gasteiger partial charge in [0.25, 0.3) is 5.69 Å². The molecule has 1 aromatic carbocycles. The maximum Gasteiger partial charge on any atom is 0.272 e. The van der Waals surface area contributed by atoms with Crippen LogP contribution in [0, 0.1) is 10.1 Å². The molecule has 16 heavy (non-hydrogen) atoms. The van der Waals surface area contributed by atoms with Gasteiger partial charge in [0.05, 0.1) is 4.92 Å². The van der Waals surface area contributed by atoms with E-state index in [0.717, 1.165) is 25.1 Å². The molecule has 4 nitrogen and oxygen atoms in total. The molecule has 0 aromatic heterocycles. The Kier molecular flexibility index (Phi) is 5.50. The van der Waals surface area contributed by atoms with E-state index in [1.807, 2.05) is 12.1 Å². The quantitative estimate of drug-likeness (QED) is 0.438. The Hall–Kier alpha value is -1.42. The molecule has 0 heterocycles. The van der Waals surface area contributed by atoms with Gasteiger partial charge in [-0.05, 0) is 25.9 Å². The third-order valence-electron chi connectivity index (χ3n) is 2.47. The molecular formula is C12H18N2O2. The second-order valence-electron chi connectivity index (χ2n) is 3.74. The number of para-hydroxylation sites is 1. The summed E-state index contributed by atoms with van der Waals surface area (Å²) in [6.07, 6.45) is 3.02. The monoisotopic (exact) mass is 222 g/mol. The van der Waals surface area contributed by atoms with Crippen LogP contribution in [0.15, 0.2) is 24.3 Å². The SMILES string of the molecule is CCCCNCCc1ccccc1[N+](=O)[O-]. The first-order valence-electron chi connectivity index (χ1n) is 5.68. The Morgan fingerprint density at radius 2 is 2.06 bits per heavy atom. The minimum Gasteiger partial charge on any atom is -0.316 e. The van der Waals surface area contributed by atoms with E-state index in [0.29, 0.717) is 6.42 Å². The highest BCUT2D eigenvalue weighted by Gasteiger charge is 2.10. The van der Waals surface area contributed by atoms with Gasteiger partial charge in [0, 0.05) is 11.6 Å². The van der Waals surface area contributed by atoms with Gasteiger partial charge in [0.15, 0.2) is 0 Å². The fourth-order valence-corrected chi connectivity index (χ4v) is 1.55. The van der Waals surface area contributed by atoms with Gasteiger partial charge in [-0.1, -0.05) is 31.5 Å². The standard InChI is InChI=1S/C12H18N2O2/c1-2-3-9-13-10-8-11-6-4-5-7-12(11)14(15)16/h4-7,13H,2-3,8-10H2,1H3. The van der Waals surface area contributed by atoms with Crippen LogP contribution in [0.5, 0.6) is 0 Å². The number of rotatable bonds is 7. The number of nitrogens with one attached hydrogen (secondary N) is 1. The Balaban J connectivity index is 2.44. The first-order valence-corrected chi connectivity index (χ1v) is 5.68. The number of nitro benzene ring substituents is 1. The summed E-state index contributed by atoms with van der Waals surface area (Å²) >= 11 is 0. The van der Waals surface area contributed by atoms with Crippen molar-refractivity contribution in [3.63, 3.8) is 0 Å². The van der Waals surface area contributed by atoms with E-state index in [9.17, 15) is 10.1 Å². The zero-order valence-corrected chi connectivity index (χ0v) is 9.61. The Labute approximate surface area is 95.8 Å². The van der Waals surface area contributed by atoms with Crippen molar-refractivity contribution in [1.29, 1.82) is 0 Å². The summed E-state index contributed by atoms with van der Waals surface area (Å²) in [6, 6.07) is 6.92. The van der Waals surface area contributed by atoms with Gasteiger partial charge in [-0.25, -0.2) is 0 Å². The van der Waals surface area contributed by atoms with Crippen molar-refractivity contribution in [2.24, 2.45) is 0 Å². The van der Waals surface area contributed by atoms with Crippen molar-refractivity contribution < 1.29 is 4.92 Å². The number of hydrogen-bond acceptors (Lipinski definition) is 3. The van der Waals surface area contributed by atoms with Gasteiger partial charge in [0.2, 0.25) is 0 Å². The lowest BCUT2D eigenvalue weighted by atomic mass is 10.1. The van der Waals surface area contributed by atoms with Crippen LogP contribution in [0.4, 0.5) is 5.69 Å². The molecular weight excluding hydrogens is 204 g/mol. The van der Waals surface area contributed by atoms with Crippen LogP contribution in [0.2, 0.25) is 0 Å². The fraction of sp³-hybridized carbons (Fsp3) is 0.500. The minimum atomic E-state index is -0.318. The minimum absolute atomic E-state index is 0.222. The maximum absolute atomic E-state index is 10.7. The van der Waals surface area contributed by atoms with Crippen molar-refractivity contribution in [2.75, 3.05) is 13.1 Å². The van der Waals surface area contributed by atoms with E-state index >= 15 is 0 Å². The van der Waals surface area contributed by atoms with Gasteiger partial charge in [-0.15, -0.1) is 0 Å². The van der Waals surface area contributed by atoms with E-state index < -0.39 is 0 Å². The van der Waals surface area contributed by atoms with Crippen molar-refractivity contribution >= 4 is 5.69 Å². The largest absolute Gasteiger partial charge is 0.316 e. The predicted octanol–water partition coefficient (Wildman–Crippen LogP) is 2.53. The van der Waals surface area contributed by atoms with Crippen molar-refractivity contribution in [3.05, 3.63) is 39.9 Å². The third kappa shape index (κ3) is 3.98. The van der Waals surface area contributed by atoms with Gasteiger partial charge in [-0.2, -0.15) is 0 Å². The maximum atomic E-state index is 10.7. The summed E-state index contributed by atoms with van der Waals surface area (Å²) < 4.78 is 0. The molecule has 0 fully saturated rings. The lowest BCUT2D eigenvalue weighted by Gasteiger charge is -2.04. The van der Waals surface area contributed by atoms with Gasteiger partial charge < -0.3 is 5.32 Å². The molecule has 0 amide bonds. The predicted molar refractivity (Wildman–Crippen MR) is 64.6 cm³/mol. The van der Waals surface area contributed by atoms with Crippen LogP contribution >= 0.6 is 0 Å². The average molecular weight is 222 g/mol. The van der Waals surface area contributed by atoms with Crippen LogP contribution < -0.4 is 5.32 Å². The summed E-state index contributed by atoms with van der Waals surface area (Å²) in [5, 5.41) is 14.0. The number of nitrogens with zero attached hydrogens (tertiary/aromatic N) is 1. The van der Waals surface area contributed by atoms with Crippen molar-refractivity contribution in [3.8, 4) is 0 Å². The highest BCUT2D eigenvalue weighted by atomic mass is 16.6. The van der Waals surface area contributed by atoms with Crippen LogP contribution in [0.1, 0.15) is 25.3 Å². The van der Waals surface area contributed by atoms with E-state index in [1.54, 1.807) is 12.1 Å². The molecule has 0 radical (unpaired) electrons. The van der Waals surface area contributed by atoms with E-state index in [4.69, 9.17) is 0 Å². The Morgan fingerprint density at radius 1 is 1.31 bits per heavy atom. The summed E-state index contributed by atoms with van der Waals surface area (Å²) in [4.78, 5) is 10.4. The third-order valence-corrected chi connectivity index (χ3v) is 2.47. The number of nitro groups is 1. The molecule has 0 bridgehead atoms. The lowest BCUT2D eigenvalue weighted by molar-refractivity contribution is -0.385. The van der Waals surface area contributed by atoms with Crippen LogP contribution in [0.3, 0.4) is 0 Å². The molecule has 0 atom stereocenters. The van der Waals surface area contributed by atoms with Gasteiger partial charge >= 0.3 is 0 Å². The van der Waals surface area contributed by atoms with E-state index in [-0.39, 0.29) is 10.6 Å². The average Bonchev–Trinajstić information content (AvgIpc) is 2.29. The molecule has 0 spiro atoms. The number of benzene rings is 1. The van der Waals surface area contributed by atoms with Gasteiger partial charge in [-0.3, -0.25) is 10.1 Å². The van der Waals surface area contributed by atoms with Gasteiger partial charge in [0.1, 0.15) is 0 Å². The fourth-order valence-electron chi connectivity index (χ4n) is 1.55. The molecule has 0 unspecified atom stereocenters.